The monoisotopic (exact) mass is 373 g/mol. The number of carbonyl (C=O) groups excluding carboxylic acids is 1. The van der Waals surface area contributed by atoms with E-state index in [4.69, 9.17) is 18.9 Å². The minimum Gasteiger partial charge on any atom is -0.493 e. The quantitative estimate of drug-likeness (QED) is 0.728. The van der Waals surface area contributed by atoms with E-state index in [1.807, 2.05) is 38.1 Å². The molecule has 27 heavy (non-hydrogen) atoms. The average Bonchev–Trinajstić information content (AvgIpc) is 2.69. The molecule has 0 heterocycles. The normalized spacial score (nSPS) is 10.6. The Bertz CT molecular complexity index is 731. The number of ether oxygens (including phenoxy) is 4. The van der Waals surface area contributed by atoms with Gasteiger partial charge in [0.1, 0.15) is 0 Å². The van der Waals surface area contributed by atoms with Crippen molar-refractivity contribution in [2.75, 3.05) is 21.3 Å². The number of rotatable bonds is 9. The zero-order valence-corrected chi connectivity index (χ0v) is 16.5. The first-order valence-corrected chi connectivity index (χ1v) is 8.76. The third-order valence-electron chi connectivity index (χ3n) is 3.99. The molecule has 146 valence electrons. The van der Waals surface area contributed by atoms with Gasteiger partial charge in [0.15, 0.2) is 11.5 Å². The van der Waals surface area contributed by atoms with Crippen molar-refractivity contribution < 1.29 is 23.7 Å². The first-order chi connectivity index (χ1) is 13.0. The fourth-order valence-corrected chi connectivity index (χ4v) is 2.51. The second kappa shape index (κ2) is 9.83. The molecule has 0 bridgehead atoms. The van der Waals surface area contributed by atoms with Crippen LogP contribution in [-0.4, -0.2) is 33.3 Å². The summed E-state index contributed by atoms with van der Waals surface area (Å²) in [5.74, 6) is 1.12. The van der Waals surface area contributed by atoms with Crippen molar-refractivity contribution in [1.82, 2.24) is 5.32 Å². The summed E-state index contributed by atoms with van der Waals surface area (Å²) in [6.07, 6.45) is 0.197. The molecule has 1 N–H and O–H groups in total. The summed E-state index contributed by atoms with van der Waals surface area (Å²) in [5.41, 5.74) is 2.54. The van der Waals surface area contributed by atoms with Gasteiger partial charge in [-0.05, 0) is 37.1 Å². The predicted molar refractivity (Wildman–Crippen MR) is 104 cm³/mol. The molecule has 0 saturated heterocycles. The van der Waals surface area contributed by atoms with E-state index < -0.39 is 0 Å². The number of benzene rings is 2. The highest BCUT2D eigenvalue weighted by molar-refractivity contribution is 5.95. The lowest BCUT2D eigenvalue weighted by Crippen LogP contribution is -2.23. The fourth-order valence-electron chi connectivity index (χ4n) is 2.51. The van der Waals surface area contributed by atoms with Crippen LogP contribution in [0.25, 0.3) is 0 Å². The topological polar surface area (TPSA) is 66.0 Å². The third-order valence-corrected chi connectivity index (χ3v) is 3.99. The Kier molecular flexibility index (Phi) is 7.49. The van der Waals surface area contributed by atoms with Crippen molar-refractivity contribution >= 4 is 5.91 Å². The van der Waals surface area contributed by atoms with Gasteiger partial charge in [0.25, 0.3) is 5.91 Å². The van der Waals surface area contributed by atoms with Gasteiger partial charge in [0, 0.05) is 12.1 Å². The number of methoxy groups -OCH3 is 3. The van der Waals surface area contributed by atoms with Crippen molar-refractivity contribution in [1.29, 1.82) is 0 Å². The van der Waals surface area contributed by atoms with Crippen LogP contribution in [0.5, 0.6) is 17.2 Å². The number of hydrogen-bond donors (Lipinski definition) is 1. The first kappa shape index (κ1) is 20.6. The molecule has 2 aromatic rings. The standard InChI is InChI=1S/C21H27NO5/c1-14(2)27-13-16-8-6-15(7-9-16)12-22-21(23)17-10-18(24-3)20(26-5)19(11-17)25-4/h6-11,14H,12-13H2,1-5H3,(H,22,23). The summed E-state index contributed by atoms with van der Waals surface area (Å²) in [6, 6.07) is 11.2. The van der Waals surface area contributed by atoms with Crippen LogP contribution < -0.4 is 19.5 Å². The Hall–Kier alpha value is -2.73. The Morgan fingerprint density at radius 1 is 0.926 bits per heavy atom. The molecule has 0 atom stereocenters. The van der Waals surface area contributed by atoms with E-state index in [9.17, 15) is 4.79 Å². The molecule has 6 heteroatoms. The summed E-state index contributed by atoms with van der Waals surface area (Å²) in [6.45, 7) is 5.01. The minimum atomic E-state index is -0.221. The van der Waals surface area contributed by atoms with Gasteiger partial charge >= 0.3 is 0 Å². The highest BCUT2D eigenvalue weighted by Gasteiger charge is 2.16. The van der Waals surface area contributed by atoms with Crippen molar-refractivity contribution in [3.8, 4) is 17.2 Å². The molecule has 0 aromatic heterocycles. The van der Waals surface area contributed by atoms with Gasteiger partial charge in [-0.2, -0.15) is 0 Å². The lowest BCUT2D eigenvalue weighted by atomic mass is 10.1. The zero-order valence-electron chi connectivity index (χ0n) is 16.5. The molecular weight excluding hydrogens is 346 g/mol. The van der Waals surface area contributed by atoms with Crippen LogP contribution in [0.3, 0.4) is 0 Å². The molecule has 2 aromatic carbocycles. The summed E-state index contributed by atoms with van der Waals surface area (Å²) < 4.78 is 21.4. The maximum absolute atomic E-state index is 12.5. The van der Waals surface area contributed by atoms with E-state index >= 15 is 0 Å². The Morgan fingerprint density at radius 2 is 1.48 bits per heavy atom. The molecule has 0 fully saturated rings. The summed E-state index contributed by atoms with van der Waals surface area (Å²) in [4.78, 5) is 12.5. The summed E-state index contributed by atoms with van der Waals surface area (Å²) in [5, 5.41) is 2.90. The van der Waals surface area contributed by atoms with Gasteiger partial charge in [-0.1, -0.05) is 24.3 Å². The molecular formula is C21H27NO5. The van der Waals surface area contributed by atoms with E-state index in [0.717, 1.165) is 11.1 Å². The van der Waals surface area contributed by atoms with E-state index in [1.165, 1.54) is 21.3 Å². The molecule has 0 saturated carbocycles. The Balaban J connectivity index is 2.03. The smallest absolute Gasteiger partial charge is 0.251 e. The molecule has 0 unspecified atom stereocenters. The van der Waals surface area contributed by atoms with Crippen molar-refractivity contribution in [3.63, 3.8) is 0 Å². The summed E-state index contributed by atoms with van der Waals surface area (Å²) in [7, 11) is 4.56. The minimum absolute atomic E-state index is 0.197. The van der Waals surface area contributed by atoms with Crippen LogP contribution in [0, 0.1) is 0 Å². The maximum Gasteiger partial charge on any atom is 0.251 e. The van der Waals surface area contributed by atoms with Gasteiger partial charge in [0.05, 0.1) is 34.0 Å². The van der Waals surface area contributed by atoms with Crippen LogP contribution in [0.1, 0.15) is 35.3 Å². The first-order valence-electron chi connectivity index (χ1n) is 8.76. The van der Waals surface area contributed by atoms with Gasteiger partial charge in [-0.15, -0.1) is 0 Å². The second-order valence-corrected chi connectivity index (χ2v) is 6.27. The number of amides is 1. The largest absolute Gasteiger partial charge is 0.493 e. The molecule has 6 nitrogen and oxygen atoms in total. The molecule has 2 rings (SSSR count). The highest BCUT2D eigenvalue weighted by atomic mass is 16.5. The van der Waals surface area contributed by atoms with E-state index in [2.05, 4.69) is 5.32 Å². The Labute approximate surface area is 160 Å². The van der Waals surface area contributed by atoms with Crippen molar-refractivity contribution in [3.05, 3.63) is 53.1 Å². The fraction of sp³-hybridized carbons (Fsp3) is 0.381. The highest BCUT2D eigenvalue weighted by Crippen LogP contribution is 2.38. The molecule has 0 aliphatic rings. The lowest BCUT2D eigenvalue weighted by Gasteiger charge is -2.14. The van der Waals surface area contributed by atoms with E-state index in [1.54, 1.807) is 12.1 Å². The number of nitrogens with one attached hydrogen (secondary N) is 1. The second-order valence-electron chi connectivity index (χ2n) is 6.27. The maximum atomic E-state index is 12.5. The Morgan fingerprint density at radius 3 is 1.96 bits per heavy atom. The van der Waals surface area contributed by atoms with Crippen LogP contribution in [0.15, 0.2) is 36.4 Å². The van der Waals surface area contributed by atoms with Gasteiger partial charge < -0.3 is 24.3 Å². The van der Waals surface area contributed by atoms with Gasteiger partial charge in [0.2, 0.25) is 5.75 Å². The number of hydrogen-bond acceptors (Lipinski definition) is 5. The molecule has 0 radical (unpaired) electrons. The van der Waals surface area contributed by atoms with Crippen LogP contribution in [0.4, 0.5) is 0 Å². The molecule has 0 aliphatic heterocycles. The SMILES string of the molecule is COc1cc(C(=O)NCc2ccc(COC(C)C)cc2)cc(OC)c1OC. The van der Waals surface area contributed by atoms with E-state index in [0.29, 0.717) is 36.0 Å². The lowest BCUT2D eigenvalue weighted by molar-refractivity contribution is 0.0657. The predicted octanol–water partition coefficient (Wildman–Crippen LogP) is 3.57. The molecule has 0 aliphatic carbocycles. The molecule has 0 spiro atoms. The molecule has 1 amide bonds. The summed E-state index contributed by atoms with van der Waals surface area (Å²) >= 11 is 0. The van der Waals surface area contributed by atoms with Crippen LogP contribution in [0.2, 0.25) is 0 Å². The zero-order chi connectivity index (χ0) is 19.8. The van der Waals surface area contributed by atoms with Gasteiger partial charge in [-0.25, -0.2) is 0 Å². The van der Waals surface area contributed by atoms with Crippen LogP contribution >= 0.6 is 0 Å². The number of carbonyl (C=O) groups is 1. The van der Waals surface area contributed by atoms with Crippen LogP contribution in [-0.2, 0) is 17.9 Å². The third kappa shape index (κ3) is 5.62. The van der Waals surface area contributed by atoms with Crippen molar-refractivity contribution in [2.24, 2.45) is 0 Å². The average molecular weight is 373 g/mol. The van der Waals surface area contributed by atoms with Gasteiger partial charge in [-0.3, -0.25) is 4.79 Å². The van der Waals surface area contributed by atoms with E-state index in [-0.39, 0.29) is 12.0 Å². The van der Waals surface area contributed by atoms with Crippen molar-refractivity contribution in [2.45, 2.75) is 33.1 Å².